The fourth-order valence-electron chi connectivity index (χ4n) is 2.88. The summed E-state index contributed by atoms with van der Waals surface area (Å²) in [6, 6.07) is 13.1. The van der Waals surface area contributed by atoms with Crippen molar-refractivity contribution >= 4 is 27.5 Å². The fourth-order valence-corrected chi connectivity index (χ4v) is 4.43. The van der Waals surface area contributed by atoms with Crippen molar-refractivity contribution in [1.82, 2.24) is 9.21 Å². The van der Waals surface area contributed by atoms with E-state index in [-0.39, 0.29) is 23.9 Å². The predicted octanol–water partition coefficient (Wildman–Crippen LogP) is 2.50. The van der Waals surface area contributed by atoms with Gasteiger partial charge in [-0.05, 0) is 36.4 Å². The molecule has 2 aromatic carbocycles. The van der Waals surface area contributed by atoms with Gasteiger partial charge in [-0.15, -0.1) is 0 Å². The standard InChI is InChI=1S/C18H19ClN2O4S/c1-25-17-5-3-2-4-16(17)18(22)20-10-12-21(13-11-20)26(23,24)15-8-6-14(19)7-9-15/h2-9H,10-13H2,1H3. The average molecular weight is 395 g/mol. The van der Waals surface area contributed by atoms with Crippen LogP contribution >= 0.6 is 11.6 Å². The zero-order valence-corrected chi connectivity index (χ0v) is 15.8. The summed E-state index contributed by atoms with van der Waals surface area (Å²) in [6.45, 7) is 1.13. The molecule has 0 N–H and O–H groups in total. The molecule has 0 saturated carbocycles. The van der Waals surface area contributed by atoms with Crippen LogP contribution in [0.25, 0.3) is 0 Å². The molecule has 138 valence electrons. The molecule has 1 fully saturated rings. The number of carbonyl (C=O) groups is 1. The van der Waals surface area contributed by atoms with Crippen molar-refractivity contribution in [3.63, 3.8) is 0 Å². The van der Waals surface area contributed by atoms with Gasteiger partial charge >= 0.3 is 0 Å². The van der Waals surface area contributed by atoms with Crippen molar-refractivity contribution in [1.29, 1.82) is 0 Å². The van der Waals surface area contributed by atoms with E-state index in [1.807, 2.05) is 0 Å². The van der Waals surface area contributed by atoms with Crippen LogP contribution in [-0.4, -0.2) is 56.8 Å². The number of rotatable bonds is 4. The highest BCUT2D eigenvalue weighted by Crippen LogP contribution is 2.23. The van der Waals surface area contributed by atoms with Crippen LogP contribution in [0.1, 0.15) is 10.4 Å². The van der Waals surface area contributed by atoms with Gasteiger partial charge in [0.1, 0.15) is 5.75 Å². The molecule has 2 aromatic rings. The summed E-state index contributed by atoms with van der Waals surface area (Å²) < 4.78 is 32.0. The number of carbonyl (C=O) groups excluding carboxylic acids is 1. The lowest BCUT2D eigenvalue weighted by Crippen LogP contribution is -2.50. The first-order valence-electron chi connectivity index (χ1n) is 8.11. The van der Waals surface area contributed by atoms with Crippen LogP contribution in [0.15, 0.2) is 53.4 Å². The molecule has 0 aromatic heterocycles. The monoisotopic (exact) mass is 394 g/mol. The van der Waals surface area contributed by atoms with Gasteiger partial charge in [-0.2, -0.15) is 4.31 Å². The first kappa shape index (κ1) is 18.7. The van der Waals surface area contributed by atoms with Crippen LogP contribution in [0.3, 0.4) is 0 Å². The first-order valence-corrected chi connectivity index (χ1v) is 9.93. The van der Waals surface area contributed by atoms with Gasteiger partial charge in [-0.3, -0.25) is 4.79 Å². The van der Waals surface area contributed by atoms with Crippen molar-refractivity contribution in [2.24, 2.45) is 0 Å². The Hall–Kier alpha value is -2.09. The van der Waals surface area contributed by atoms with Crippen molar-refractivity contribution < 1.29 is 17.9 Å². The topological polar surface area (TPSA) is 66.9 Å². The molecular weight excluding hydrogens is 376 g/mol. The molecule has 0 bridgehead atoms. The number of nitrogens with zero attached hydrogens (tertiary/aromatic N) is 2. The van der Waals surface area contributed by atoms with Gasteiger partial charge in [0.05, 0.1) is 17.6 Å². The summed E-state index contributed by atoms with van der Waals surface area (Å²) in [5.74, 6) is 0.347. The van der Waals surface area contributed by atoms with Crippen molar-refractivity contribution in [3.05, 3.63) is 59.1 Å². The van der Waals surface area contributed by atoms with E-state index < -0.39 is 10.0 Å². The Bertz CT molecular complexity index is 892. The average Bonchev–Trinajstić information content (AvgIpc) is 2.68. The third-order valence-electron chi connectivity index (χ3n) is 4.31. The molecule has 0 radical (unpaired) electrons. The zero-order valence-electron chi connectivity index (χ0n) is 14.3. The summed E-state index contributed by atoms with van der Waals surface area (Å²) in [5.41, 5.74) is 0.476. The normalized spacial score (nSPS) is 15.7. The third-order valence-corrected chi connectivity index (χ3v) is 6.48. The maximum atomic E-state index is 12.7. The maximum absolute atomic E-state index is 12.7. The lowest BCUT2D eigenvalue weighted by molar-refractivity contribution is 0.0694. The van der Waals surface area contributed by atoms with Crippen LogP contribution in [-0.2, 0) is 10.0 Å². The van der Waals surface area contributed by atoms with E-state index in [1.165, 1.54) is 23.5 Å². The van der Waals surface area contributed by atoms with Crippen LogP contribution in [0, 0.1) is 0 Å². The Morgan fingerprint density at radius 1 is 1.00 bits per heavy atom. The molecule has 1 aliphatic rings. The van der Waals surface area contributed by atoms with E-state index in [4.69, 9.17) is 16.3 Å². The summed E-state index contributed by atoms with van der Waals surface area (Å²) in [4.78, 5) is 14.6. The van der Waals surface area contributed by atoms with Crippen LogP contribution < -0.4 is 4.74 Å². The van der Waals surface area contributed by atoms with Gasteiger partial charge in [0.2, 0.25) is 10.0 Å². The van der Waals surface area contributed by atoms with E-state index in [0.29, 0.717) is 29.4 Å². The summed E-state index contributed by atoms with van der Waals surface area (Å²) in [6.07, 6.45) is 0. The van der Waals surface area contributed by atoms with Gasteiger partial charge in [-0.1, -0.05) is 23.7 Å². The largest absolute Gasteiger partial charge is 0.496 e. The molecule has 1 heterocycles. The lowest BCUT2D eigenvalue weighted by Gasteiger charge is -2.34. The van der Waals surface area contributed by atoms with E-state index in [2.05, 4.69) is 0 Å². The van der Waals surface area contributed by atoms with Crippen LogP contribution in [0.5, 0.6) is 5.75 Å². The SMILES string of the molecule is COc1ccccc1C(=O)N1CCN(S(=O)(=O)c2ccc(Cl)cc2)CC1. The summed E-state index contributed by atoms with van der Waals surface area (Å²) in [5, 5.41) is 0.483. The number of hydrogen-bond donors (Lipinski definition) is 0. The Labute approximate surface area is 158 Å². The quantitative estimate of drug-likeness (QED) is 0.799. The minimum Gasteiger partial charge on any atom is -0.496 e. The van der Waals surface area contributed by atoms with Gasteiger partial charge in [-0.25, -0.2) is 8.42 Å². The molecule has 8 heteroatoms. The maximum Gasteiger partial charge on any atom is 0.257 e. The molecule has 1 saturated heterocycles. The van der Waals surface area contributed by atoms with Crippen LogP contribution in [0.2, 0.25) is 5.02 Å². The van der Waals surface area contributed by atoms with Crippen LogP contribution in [0.4, 0.5) is 0 Å². The number of halogens is 1. The molecule has 1 amide bonds. The van der Waals surface area contributed by atoms with E-state index in [0.717, 1.165) is 0 Å². The Morgan fingerprint density at radius 3 is 2.23 bits per heavy atom. The van der Waals surface area contributed by atoms with E-state index in [1.54, 1.807) is 41.3 Å². The smallest absolute Gasteiger partial charge is 0.257 e. The van der Waals surface area contributed by atoms with Gasteiger partial charge in [0.15, 0.2) is 0 Å². The number of hydrogen-bond acceptors (Lipinski definition) is 4. The van der Waals surface area contributed by atoms with Crippen molar-refractivity contribution in [3.8, 4) is 5.75 Å². The van der Waals surface area contributed by atoms with Gasteiger partial charge in [0, 0.05) is 31.2 Å². The Kier molecular flexibility index (Phi) is 5.50. The number of benzene rings is 2. The summed E-state index contributed by atoms with van der Waals surface area (Å²) >= 11 is 5.82. The number of sulfonamides is 1. The van der Waals surface area contributed by atoms with E-state index >= 15 is 0 Å². The highest BCUT2D eigenvalue weighted by atomic mass is 35.5. The molecule has 26 heavy (non-hydrogen) atoms. The van der Waals surface area contributed by atoms with Crippen molar-refractivity contribution in [2.75, 3.05) is 33.3 Å². The number of methoxy groups -OCH3 is 1. The number of para-hydroxylation sites is 1. The molecule has 0 atom stereocenters. The van der Waals surface area contributed by atoms with Gasteiger partial charge < -0.3 is 9.64 Å². The molecule has 0 spiro atoms. The first-order chi connectivity index (χ1) is 12.4. The third kappa shape index (κ3) is 3.70. The lowest BCUT2D eigenvalue weighted by atomic mass is 10.1. The Morgan fingerprint density at radius 2 is 1.62 bits per heavy atom. The molecule has 0 aliphatic carbocycles. The fraction of sp³-hybridized carbons (Fsp3) is 0.278. The number of amides is 1. The predicted molar refractivity (Wildman–Crippen MR) is 99.1 cm³/mol. The highest BCUT2D eigenvalue weighted by Gasteiger charge is 2.31. The molecule has 0 unspecified atom stereocenters. The second-order valence-corrected chi connectivity index (χ2v) is 8.22. The summed E-state index contributed by atoms with van der Waals surface area (Å²) in [7, 11) is -2.08. The minimum atomic E-state index is -3.59. The van der Waals surface area contributed by atoms with Crippen molar-refractivity contribution in [2.45, 2.75) is 4.90 Å². The van der Waals surface area contributed by atoms with E-state index in [9.17, 15) is 13.2 Å². The second-order valence-electron chi connectivity index (χ2n) is 5.85. The molecule has 3 rings (SSSR count). The number of piperazine rings is 1. The zero-order chi connectivity index (χ0) is 18.7. The highest BCUT2D eigenvalue weighted by molar-refractivity contribution is 7.89. The Balaban J connectivity index is 1.71. The number of ether oxygens (including phenoxy) is 1. The minimum absolute atomic E-state index is 0.161. The molecule has 6 nitrogen and oxygen atoms in total. The molecule has 1 aliphatic heterocycles. The second kappa shape index (κ2) is 7.65. The molecular formula is C18H19ClN2O4S. The van der Waals surface area contributed by atoms with Gasteiger partial charge in [0.25, 0.3) is 5.91 Å².